The molecule has 1 atom stereocenters. The van der Waals surface area contributed by atoms with Crippen molar-refractivity contribution >= 4 is 11.9 Å². The third-order valence-corrected chi connectivity index (χ3v) is 2.86. The van der Waals surface area contributed by atoms with Gasteiger partial charge in [0.05, 0.1) is 12.5 Å². The van der Waals surface area contributed by atoms with Crippen LogP contribution in [0.5, 0.6) is 0 Å². The van der Waals surface area contributed by atoms with Crippen LogP contribution in [0.15, 0.2) is 30.3 Å². The third kappa shape index (κ3) is 5.55. The maximum Gasteiger partial charge on any atom is 0.305 e. The molecule has 19 heavy (non-hydrogen) atoms. The summed E-state index contributed by atoms with van der Waals surface area (Å²) in [5.74, 6) is -0.410. The molecule has 0 aliphatic carbocycles. The van der Waals surface area contributed by atoms with Gasteiger partial charge in [0.25, 0.3) is 0 Å². The van der Waals surface area contributed by atoms with Crippen LogP contribution < -0.4 is 5.32 Å². The Labute approximate surface area is 114 Å². The zero-order valence-electron chi connectivity index (χ0n) is 11.5. The molecule has 0 spiro atoms. The molecule has 1 aromatic rings. The Morgan fingerprint density at radius 3 is 2.58 bits per heavy atom. The van der Waals surface area contributed by atoms with Crippen LogP contribution in [0.25, 0.3) is 0 Å². The molecule has 0 aromatic heterocycles. The van der Waals surface area contributed by atoms with Gasteiger partial charge in [-0.2, -0.15) is 0 Å². The molecule has 0 aliphatic rings. The summed E-state index contributed by atoms with van der Waals surface area (Å²) in [4.78, 5) is 23.0. The van der Waals surface area contributed by atoms with Crippen LogP contribution in [-0.4, -0.2) is 25.0 Å². The quantitative estimate of drug-likeness (QED) is 0.606. The highest BCUT2D eigenvalue weighted by atomic mass is 16.5. The van der Waals surface area contributed by atoms with Gasteiger partial charge < -0.3 is 10.1 Å². The first kappa shape index (κ1) is 15.2. The Hall–Kier alpha value is -1.84. The van der Waals surface area contributed by atoms with Gasteiger partial charge in [0.2, 0.25) is 5.91 Å². The summed E-state index contributed by atoms with van der Waals surface area (Å²) in [6.07, 6.45) is 0.944. The van der Waals surface area contributed by atoms with Gasteiger partial charge in [-0.1, -0.05) is 30.3 Å². The van der Waals surface area contributed by atoms with E-state index < -0.39 is 0 Å². The van der Waals surface area contributed by atoms with Gasteiger partial charge in [-0.3, -0.25) is 9.59 Å². The highest BCUT2D eigenvalue weighted by Crippen LogP contribution is 2.14. The Bertz CT molecular complexity index is 403. The molecule has 1 rings (SSSR count). The van der Waals surface area contributed by atoms with Crippen molar-refractivity contribution in [1.82, 2.24) is 5.32 Å². The molecule has 1 aromatic carbocycles. The van der Waals surface area contributed by atoms with Gasteiger partial charge in [0.15, 0.2) is 0 Å². The van der Waals surface area contributed by atoms with E-state index in [1.807, 2.05) is 37.3 Å². The molecule has 4 nitrogen and oxygen atoms in total. The van der Waals surface area contributed by atoms with Crippen molar-refractivity contribution in [2.75, 3.05) is 13.2 Å². The number of ether oxygens (including phenoxy) is 1. The van der Waals surface area contributed by atoms with Gasteiger partial charge in [0.1, 0.15) is 0 Å². The fourth-order valence-electron chi connectivity index (χ4n) is 1.72. The number of rotatable bonds is 7. The second kappa shape index (κ2) is 8.29. The largest absolute Gasteiger partial charge is 0.466 e. The van der Waals surface area contributed by atoms with Crippen molar-refractivity contribution in [1.29, 1.82) is 0 Å². The lowest BCUT2D eigenvalue weighted by Crippen LogP contribution is -2.29. The number of carbonyl (C=O) groups excluding carboxylic acids is 2. The number of nitrogens with one attached hydrogen (secondary N) is 1. The van der Waals surface area contributed by atoms with E-state index in [0.717, 1.165) is 5.56 Å². The molecule has 104 valence electrons. The summed E-state index contributed by atoms with van der Waals surface area (Å²) in [5, 5.41) is 2.83. The maximum absolute atomic E-state index is 11.9. The molecule has 0 bridgehead atoms. The highest BCUT2D eigenvalue weighted by Gasteiger charge is 2.14. The first-order valence-corrected chi connectivity index (χ1v) is 6.63. The van der Waals surface area contributed by atoms with Crippen molar-refractivity contribution in [2.45, 2.75) is 32.6 Å². The highest BCUT2D eigenvalue weighted by molar-refractivity contribution is 5.83. The third-order valence-electron chi connectivity index (χ3n) is 2.86. The average molecular weight is 263 g/mol. The van der Waals surface area contributed by atoms with Crippen molar-refractivity contribution in [3.05, 3.63) is 35.9 Å². The van der Waals surface area contributed by atoms with E-state index in [9.17, 15) is 9.59 Å². The lowest BCUT2D eigenvalue weighted by Gasteiger charge is -2.12. The molecule has 0 saturated heterocycles. The second-order valence-electron chi connectivity index (χ2n) is 4.33. The van der Waals surface area contributed by atoms with Crippen LogP contribution >= 0.6 is 0 Å². The lowest BCUT2D eigenvalue weighted by molar-refractivity contribution is -0.143. The first-order chi connectivity index (χ1) is 9.15. The van der Waals surface area contributed by atoms with Crippen molar-refractivity contribution in [3.63, 3.8) is 0 Å². The molecule has 1 amide bonds. The van der Waals surface area contributed by atoms with Crippen molar-refractivity contribution in [3.8, 4) is 0 Å². The number of esters is 1. The monoisotopic (exact) mass is 263 g/mol. The molecule has 0 heterocycles. The van der Waals surface area contributed by atoms with Gasteiger partial charge in [-0.15, -0.1) is 0 Å². The zero-order valence-corrected chi connectivity index (χ0v) is 11.5. The average Bonchev–Trinajstić information content (AvgIpc) is 2.44. The standard InChI is InChI=1S/C15H21NO3/c1-3-19-14(17)10-7-11-16-15(18)12(2)13-8-5-4-6-9-13/h4-6,8-9,12H,3,7,10-11H2,1-2H3,(H,16,18). The van der Waals surface area contributed by atoms with Crippen LogP contribution in [-0.2, 0) is 14.3 Å². The van der Waals surface area contributed by atoms with E-state index in [2.05, 4.69) is 5.32 Å². The topological polar surface area (TPSA) is 55.4 Å². The Balaban J connectivity index is 2.26. The van der Waals surface area contributed by atoms with Crippen LogP contribution in [0, 0.1) is 0 Å². The summed E-state index contributed by atoms with van der Waals surface area (Å²) >= 11 is 0. The number of carbonyl (C=O) groups is 2. The maximum atomic E-state index is 11.9. The molecule has 0 fully saturated rings. The number of benzene rings is 1. The molecular weight excluding hydrogens is 242 g/mol. The Morgan fingerprint density at radius 2 is 1.95 bits per heavy atom. The first-order valence-electron chi connectivity index (χ1n) is 6.63. The van der Waals surface area contributed by atoms with E-state index in [1.165, 1.54) is 0 Å². The van der Waals surface area contributed by atoms with Gasteiger partial charge >= 0.3 is 5.97 Å². The van der Waals surface area contributed by atoms with Crippen LogP contribution in [0.1, 0.15) is 38.2 Å². The molecular formula is C15H21NO3. The fraction of sp³-hybridized carbons (Fsp3) is 0.467. The normalized spacial score (nSPS) is 11.7. The second-order valence-corrected chi connectivity index (χ2v) is 4.33. The molecule has 1 N–H and O–H groups in total. The van der Waals surface area contributed by atoms with Crippen LogP contribution in [0.2, 0.25) is 0 Å². The molecule has 1 unspecified atom stereocenters. The molecule has 4 heteroatoms. The zero-order chi connectivity index (χ0) is 14.1. The Morgan fingerprint density at radius 1 is 1.26 bits per heavy atom. The van der Waals surface area contributed by atoms with E-state index in [1.54, 1.807) is 6.92 Å². The number of hydrogen-bond donors (Lipinski definition) is 1. The van der Waals surface area contributed by atoms with Gasteiger partial charge in [0, 0.05) is 13.0 Å². The smallest absolute Gasteiger partial charge is 0.305 e. The Kier molecular flexibility index (Phi) is 6.64. The minimum Gasteiger partial charge on any atom is -0.466 e. The fourth-order valence-corrected chi connectivity index (χ4v) is 1.72. The van der Waals surface area contributed by atoms with Crippen molar-refractivity contribution < 1.29 is 14.3 Å². The van der Waals surface area contributed by atoms with E-state index in [4.69, 9.17) is 4.74 Å². The van der Waals surface area contributed by atoms with Gasteiger partial charge in [-0.05, 0) is 25.8 Å². The molecule has 0 aliphatic heterocycles. The van der Waals surface area contributed by atoms with E-state index in [-0.39, 0.29) is 17.8 Å². The predicted molar refractivity (Wildman–Crippen MR) is 73.7 cm³/mol. The minimum absolute atomic E-state index is 0.0185. The summed E-state index contributed by atoms with van der Waals surface area (Å²) in [6.45, 7) is 4.54. The lowest BCUT2D eigenvalue weighted by atomic mass is 10.0. The van der Waals surface area contributed by atoms with Gasteiger partial charge in [-0.25, -0.2) is 0 Å². The summed E-state index contributed by atoms with van der Waals surface area (Å²) < 4.78 is 4.81. The minimum atomic E-state index is -0.215. The van der Waals surface area contributed by atoms with Crippen molar-refractivity contribution in [2.24, 2.45) is 0 Å². The summed E-state index contributed by atoms with van der Waals surface area (Å²) in [7, 11) is 0. The predicted octanol–water partition coefficient (Wildman–Crippen LogP) is 2.25. The number of amides is 1. The number of hydrogen-bond acceptors (Lipinski definition) is 3. The van der Waals surface area contributed by atoms with Crippen LogP contribution in [0.3, 0.4) is 0 Å². The summed E-state index contributed by atoms with van der Waals surface area (Å²) in [5.41, 5.74) is 0.991. The van der Waals surface area contributed by atoms with E-state index in [0.29, 0.717) is 26.0 Å². The van der Waals surface area contributed by atoms with E-state index >= 15 is 0 Å². The molecule has 0 radical (unpaired) electrons. The summed E-state index contributed by atoms with van der Waals surface area (Å²) in [6, 6.07) is 9.62. The van der Waals surface area contributed by atoms with Crippen LogP contribution in [0.4, 0.5) is 0 Å². The molecule has 0 saturated carbocycles. The SMILES string of the molecule is CCOC(=O)CCCNC(=O)C(C)c1ccccc1.